The molecule has 3 aromatic carbocycles. The van der Waals surface area contributed by atoms with Crippen LogP contribution in [0.4, 0.5) is 5.69 Å². The van der Waals surface area contributed by atoms with Crippen LogP contribution < -0.4 is 9.62 Å². The summed E-state index contributed by atoms with van der Waals surface area (Å²) < 4.78 is 29.2. The minimum absolute atomic E-state index is 0.0706. The molecule has 224 valence electrons. The molecule has 1 atom stereocenters. The van der Waals surface area contributed by atoms with Crippen LogP contribution in [0.2, 0.25) is 5.02 Å². The number of anilines is 1. The minimum Gasteiger partial charge on any atom is -0.352 e. The van der Waals surface area contributed by atoms with Gasteiger partial charge in [0.25, 0.3) is 10.0 Å². The largest absolute Gasteiger partial charge is 0.352 e. The second-order valence-electron chi connectivity index (χ2n) is 11.1. The predicted octanol–water partition coefficient (Wildman–Crippen LogP) is 6.41. The number of nitrogens with one attached hydrogen (secondary N) is 1. The fourth-order valence-electron chi connectivity index (χ4n) is 5.62. The highest BCUT2D eigenvalue weighted by atomic mass is 35.5. The Morgan fingerprint density at radius 3 is 2.17 bits per heavy atom. The van der Waals surface area contributed by atoms with E-state index in [1.54, 1.807) is 42.5 Å². The molecule has 1 fully saturated rings. The molecule has 0 bridgehead atoms. The first-order chi connectivity index (χ1) is 20.1. The zero-order chi connectivity index (χ0) is 30.3. The molecular weight excluding hydrogens is 570 g/mol. The molecule has 0 spiro atoms. The third kappa shape index (κ3) is 7.72. The van der Waals surface area contributed by atoms with E-state index >= 15 is 0 Å². The summed E-state index contributed by atoms with van der Waals surface area (Å²) in [6, 6.07) is 20.0. The molecule has 2 amide bonds. The summed E-state index contributed by atoms with van der Waals surface area (Å²) >= 11 is 6.50. The highest BCUT2D eigenvalue weighted by Crippen LogP contribution is 2.28. The molecule has 1 saturated carbocycles. The topological polar surface area (TPSA) is 86.8 Å². The van der Waals surface area contributed by atoms with Crippen molar-refractivity contribution < 1.29 is 18.0 Å². The van der Waals surface area contributed by atoms with Gasteiger partial charge in [0.1, 0.15) is 12.6 Å². The number of nitrogens with zero attached hydrogens (tertiary/aromatic N) is 2. The lowest BCUT2D eigenvalue weighted by molar-refractivity contribution is -0.140. The second kappa shape index (κ2) is 14.2. The maximum absolute atomic E-state index is 14.3. The Labute approximate surface area is 254 Å². The molecule has 1 N–H and O–H groups in total. The van der Waals surface area contributed by atoms with Crippen molar-refractivity contribution in [2.45, 2.75) is 82.8 Å². The molecule has 4 rings (SSSR count). The number of hydrogen-bond donors (Lipinski definition) is 1. The maximum atomic E-state index is 14.3. The smallest absolute Gasteiger partial charge is 0.264 e. The predicted molar refractivity (Wildman–Crippen MR) is 168 cm³/mol. The Hall–Kier alpha value is -3.36. The SMILES string of the molecule is CCC(C(=O)NC1CCCCC1)N(Cc1ccccc1Cl)C(=O)CN(c1cc(C)cc(C)c1)S(=O)(=O)c1ccccc1. The van der Waals surface area contributed by atoms with Gasteiger partial charge in [0, 0.05) is 17.6 Å². The van der Waals surface area contributed by atoms with Crippen molar-refractivity contribution in [3.8, 4) is 0 Å². The van der Waals surface area contributed by atoms with Crippen molar-refractivity contribution in [1.29, 1.82) is 0 Å². The van der Waals surface area contributed by atoms with Crippen LogP contribution in [0.3, 0.4) is 0 Å². The molecule has 3 aromatic rings. The van der Waals surface area contributed by atoms with Gasteiger partial charge < -0.3 is 10.2 Å². The van der Waals surface area contributed by atoms with E-state index < -0.39 is 28.5 Å². The summed E-state index contributed by atoms with van der Waals surface area (Å²) in [7, 11) is -4.11. The number of benzene rings is 3. The number of carbonyl (C=O) groups excluding carboxylic acids is 2. The molecule has 7 nitrogen and oxygen atoms in total. The van der Waals surface area contributed by atoms with Gasteiger partial charge in [-0.25, -0.2) is 8.42 Å². The van der Waals surface area contributed by atoms with Crippen LogP contribution in [-0.2, 0) is 26.2 Å². The fourth-order valence-corrected chi connectivity index (χ4v) is 7.23. The molecule has 1 unspecified atom stereocenters. The van der Waals surface area contributed by atoms with Crippen molar-refractivity contribution in [2.75, 3.05) is 10.8 Å². The first kappa shape index (κ1) is 31.6. The van der Waals surface area contributed by atoms with E-state index in [0.29, 0.717) is 22.7 Å². The van der Waals surface area contributed by atoms with Gasteiger partial charge in [-0.1, -0.05) is 80.3 Å². The summed E-state index contributed by atoms with van der Waals surface area (Å²) in [5, 5.41) is 3.64. The van der Waals surface area contributed by atoms with Gasteiger partial charge in [-0.15, -0.1) is 0 Å². The molecular formula is C33H40ClN3O4S. The third-order valence-electron chi connectivity index (χ3n) is 7.74. The standard InChI is InChI=1S/C33H40ClN3O4S/c1-4-31(33(39)35-27-14-7-5-8-15-27)36(22-26-13-11-12-18-30(26)34)32(38)23-37(28-20-24(2)19-25(3)21-28)42(40,41)29-16-9-6-10-17-29/h6,9-13,16-21,27,31H,4-5,7-8,14-15,22-23H2,1-3H3,(H,35,39). The zero-order valence-corrected chi connectivity index (χ0v) is 26.1. The normalized spacial score (nSPS) is 14.7. The van der Waals surface area contributed by atoms with Crippen LogP contribution >= 0.6 is 11.6 Å². The second-order valence-corrected chi connectivity index (χ2v) is 13.3. The van der Waals surface area contributed by atoms with E-state index in [-0.39, 0.29) is 23.4 Å². The van der Waals surface area contributed by atoms with Crippen LogP contribution in [-0.4, -0.2) is 43.8 Å². The van der Waals surface area contributed by atoms with E-state index in [2.05, 4.69) is 5.32 Å². The fraction of sp³-hybridized carbons (Fsp3) is 0.394. The first-order valence-corrected chi connectivity index (χ1v) is 16.4. The lowest BCUT2D eigenvalue weighted by atomic mass is 9.95. The number of amides is 2. The van der Waals surface area contributed by atoms with E-state index in [0.717, 1.165) is 47.5 Å². The van der Waals surface area contributed by atoms with Crippen molar-refractivity contribution in [2.24, 2.45) is 0 Å². The molecule has 1 aliphatic rings. The number of hydrogen-bond acceptors (Lipinski definition) is 4. The highest BCUT2D eigenvalue weighted by molar-refractivity contribution is 7.92. The van der Waals surface area contributed by atoms with Crippen LogP contribution in [0, 0.1) is 13.8 Å². The van der Waals surface area contributed by atoms with E-state index in [9.17, 15) is 18.0 Å². The summed E-state index contributed by atoms with van der Waals surface area (Å²) in [5.74, 6) is -0.715. The molecule has 0 saturated heterocycles. The average Bonchev–Trinajstić information content (AvgIpc) is 2.97. The van der Waals surface area contributed by atoms with Gasteiger partial charge in [0.2, 0.25) is 11.8 Å². The van der Waals surface area contributed by atoms with Crippen molar-refractivity contribution in [1.82, 2.24) is 10.2 Å². The molecule has 0 radical (unpaired) electrons. The van der Waals surface area contributed by atoms with Crippen LogP contribution in [0.1, 0.15) is 62.1 Å². The Morgan fingerprint density at radius 1 is 0.929 bits per heavy atom. The molecule has 42 heavy (non-hydrogen) atoms. The van der Waals surface area contributed by atoms with Crippen molar-refractivity contribution >= 4 is 39.1 Å². The summed E-state index contributed by atoms with van der Waals surface area (Å²) in [4.78, 5) is 29.5. The lowest BCUT2D eigenvalue weighted by Gasteiger charge is -2.34. The number of carbonyl (C=O) groups is 2. The van der Waals surface area contributed by atoms with E-state index in [1.807, 2.05) is 39.0 Å². The molecule has 9 heteroatoms. The number of halogens is 1. The average molecular weight is 610 g/mol. The van der Waals surface area contributed by atoms with Crippen LogP contribution in [0.15, 0.2) is 77.7 Å². The quantitative estimate of drug-likeness (QED) is 0.272. The van der Waals surface area contributed by atoms with Gasteiger partial charge in [-0.3, -0.25) is 13.9 Å². The minimum atomic E-state index is -4.11. The summed E-state index contributed by atoms with van der Waals surface area (Å²) in [6.07, 6.45) is 5.47. The van der Waals surface area contributed by atoms with E-state index in [4.69, 9.17) is 11.6 Å². The van der Waals surface area contributed by atoms with Gasteiger partial charge in [-0.05, 0) is 80.1 Å². The molecule has 1 aliphatic carbocycles. The monoisotopic (exact) mass is 609 g/mol. The Balaban J connectivity index is 1.73. The van der Waals surface area contributed by atoms with Crippen molar-refractivity contribution in [3.63, 3.8) is 0 Å². The molecule has 0 aromatic heterocycles. The Bertz CT molecular complexity index is 1470. The van der Waals surface area contributed by atoms with Gasteiger partial charge in [0.05, 0.1) is 10.6 Å². The first-order valence-electron chi connectivity index (χ1n) is 14.6. The van der Waals surface area contributed by atoms with Crippen LogP contribution in [0.25, 0.3) is 0 Å². The third-order valence-corrected chi connectivity index (χ3v) is 9.90. The van der Waals surface area contributed by atoms with Gasteiger partial charge in [0.15, 0.2) is 0 Å². The van der Waals surface area contributed by atoms with E-state index in [1.165, 1.54) is 17.0 Å². The zero-order valence-electron chi connectivity index (χ0n) is 24.6. The van der Waals surface area contributed by atoms with Gasteiger partial charge >= 0.3 is 0 Å². The number of rotatable bonds is 11. The maximum Gasteiger partial charge on any atom is 0.264 e. The van der Waals surface area contributed by atoms with Crippen LogP contribution in [0.5, 0.6) is 0 Å². The summed E-state index contributed by atoms with van der Waals surface area (Å²) in [5.41, 5.74) is 2.82. The molecule has 0 aliphatic heterocycles. The molecule has 0 heterocycles. The van der Waals surface area contributed by atoms with Gasteiger partial charge in [-0.2, -0.15) is 0 Å². The van der Waals surface area contributed by atoms with Crippen molar-refractivity contribution in [3.05, 3.63) is 94.5 Å². The summed E-state index contributed by atoms with van der Waals surface area (Å²) in [6.45, 7) is 5.23. The Morgan fingerprint density at radius 2 is 1.55 bits per heavy atom. The number of sulfonamides is 1. The lowest BCUT2D eigenvalue weighted by Crippen LogP contribution is -2.54. The highest BCUT2D eigenvalue weighted by Gasteiger charge is 2.34. The number of aryl methyl sites for hydroxylation is 2. The Kier molecular flexibility index (Phi) is 10.7.